The highest BCUT2D eigenvalue weighted by Gasteiger charge is 2.37. The van der Waals surface area contributed by atoms with Crippen LogP contribution in [0.2, 0.25) is 0 Å². The van der Waals surface area contributed by atoms with Crippen molar-refractivity contribution in [2.75, 3.05) is 23.5 Å². The minimum atomic E-state index is -0.0923. The molecule has 2 aromatic rings. The van der Waals surface area contributed by atoms with Crippen molar-refractivity contribution in [1.82, 2.24) is 0 Å². The summed E-state index contributed by atoms with van der Waals surface area (Å²) < 4.78 is 6.30. The summed E-state index contributed by atoms with van der Waals surface area (Å²) in [6, 6.07) is 13.9. The van der Waals surface area contributed by atoms with Crippen molar-refractivity contribution in [3.63, 3.8) is 0 Å². The second kappa shape index (κ2) is 8.32. The smallest absolute Gasteiger partial charge is 0.270 e. The van der Waals surface area contributed by atoms with Crippen LogP contribution in [0.4, 0.5) is 11.4 Å². The predicted molar refractivity (Wildman–Crippen MR) is 135 cm³/mol. The third-order valence-corrected chi connectivity index (χ3v) is 7.45. The number of rotatable bonds is 4. The van der Waals surface area contributed by atoms with E-state index in [-0.39, 0.29) is 11.4 Å². The first-order chi connectivity index (χ1) is 14.8. The van der Waals surface area contributed by atoms with Gasteiger partial charge in [0.1, 0.15) is 5.75 Å². The molecule has 0 bridgehead atoms. The van der Waals surface area contributed by atoms with Gasteiger partial charge < -0.3 is 9.64 Å². The number of ether oxygens (including phenoxy) is 1. The molecule has 1 saturated heterocycles. The van der Waals surface area contributed by atoms with Crippen LogP contribution in [0.1, 0.15) is 51.2 Å². The van der Waals surface area contributed by atoms with Crippen LogP contribution < -0.4 is 14.5 Å². The van der Waals surface area contributed by atoms with Gasteiger partial charge in [0.25, 0.3) is 5.91 Å². The van der Waals surface area contributed by atoms with Gasteiger partial charge in [-0.15, -0.1) is 0 Å². The van der Waals surface area contributed by atoms with E-state index in [1.165, 1.54) is 23.0 Å². The molecule has 31 heavy (non-hydrogen) atoms. The molecular weight excluding hydrogens is 424 g/mol. The molecule has 4 nitrogen and oxygen atoms in total. The van der Waals surface area contributed by atoms with Crippen LogP contribution in [-0.2, 0) is 4.79 Å². The Labute approximate surface area is 194 Å². The number of anilines is 2. The number of hydrogen-bond acceptors (Lipinski definition) is 5. The van der Waals surface area contributed by atoms with Crippen LogP contribution in [0.25, 0.3) is 6.08 Å². The molecule has 2 heterocycles. The van der Waals surface area contributed by atoms with E-state index in [2.05, 4.69) is 44.7 Å². The molecule has 2 aliphatic heterocycles. The van der Waals surface area contributed by atoms with Gasteiger partial charge in [-0.1, -0.05) is 49.1 Å². The summed E-state index contributed by atoms with van der Waals surface area (Å²) in [5.41, 5.74) is 4.31. The number of benzene rings is 2. The summed E-state index contributed by atoms with van der Waals surface area (Å²) in [5, 5.41) is 0. The van der Waals surface area contributed by atoms with E-state index in [0.717, 1.165) is 30.0 Å². The Bertz CT molecular complexity index is 1060. The van der Waals surface area contributed by atoms with Crippen molar-refractivity contribution < 1.29 is 9.53 Å². The molecule has 2 aromatic carbocycles. The second-order valence-electron chi connectivity index (χ2n) is 8.67. The lowest BCUT2D eigenvalue weighted by molar-refractivity contribution is -0.113. The van der Waals surface area contributed by atoms with E-state index in [0.29, 0.717) is 15.1 Å². The fourth-order valence-electron chi connectivity index (χ4n) is 4.82. The number of fused-ring (bicyclic) bond motifs is 1. The minimum absolute atomic E-state index is 0.0891. The largest absolute Gasteiger partial charge is 0.496 e. The third kappa shape index (κ3) is 3.87. The second-order valence-corrected chi connectivity index (χ2v) is 10.3. The topological polar surface area (TPSA) is 32.8 Å². The van der Waals surface area contributed by atoms with Crippen LogP contribution in [0, 0.1) is 0 Å². The first kappa shape index (κ1) is 21.9. The lowest BCUT2D eigenvalue weighted by atomic mass is 9.79. The van der Waals surface area contributed by atoms with Gasteiger partial charge in [-0.3, -0.25) is 9.69 Å². The average Bonchev–Trinajstić information content (AvgIpc) is 3.01. The first-order valence-electron chi connectivity index (χ1n) is 10.6. The van der Waals surface area contributed by atoms with Crippen LogP contribution >= 0.6 is 24.0 Å². The Kier molecular flexibility index (Phi) is 5.88. The molecule has 0 aromatic heterocycles. The van der Waals surface area contributed by atoms with Crippen molar-refractivity contribution >= 4 is 51.7 Å². The lowest BCUT2D eigenvalue weighted by Gasteiger charge is -2.47. The van der Waals surface area contributed by atoms with Gasteiger partial charge >= 0.3 is 0 Å². The molecule has 0 aliphatic carbocycles. The van der Waals surface area contributed by atoms with Crippen LogP contribution in [0.15, 0.2) is 47.4 Å². The molecule has 6 heteroatoms. The summed E-state index contributed by atoms with van der Waals surface area (Å²) in [5.74, 6) is 1.10. The van der Waals surface area contributed by atoms with Gasteiger partial charge in [0, 0.05) is 29.4 Å². The van der Waals surface area contributed by atoms with Crippen molar-refractivity contribution in [2.45, 2.75) is 45.6 Å². The number of para-hydroxylation sites is 1. The number of methoxy groups -OCH3 is 1. The SMILES string of the molecule is CCN1c2cc(OC)c(/C=C3/SC(=S)N(c4ccccc4)C3=O)cc2C(C)CC1(C)C. The highest BCUT2D eigenvalue weighted by molar-refractivity contribution is 8.27. The van der Waals surface area contributed by atoms with E-state index in [1.807, 2.05) is 36.4 Å². The van der Waals surface area contributed by atoms with Gasteiger partial charge in [-0.25, -0.2) is 0 Å². The molecule has 2 aliphatic rings. The molecule has 1 unspecified atom stereocenters. The first-order valence-corrected chi connectivity index (χ1v) is 11.8. The zero-order valence-corrected chi connectivity index (χ0v) is 20.3. The maximum Gasteiger partial charge on any atom is 0.270 e. The Morgan fingerprint density at radius 3 is 2.61 bits per heavy atom. The highest BCUT2D eigenvalue weighted by Crippen LogP contribution is 2.46. The number of carbonyl (C=O) groups excluding carboxylic acids is 1. The molecule has 4 rings (SSSR count). The minimum Gasteiger partial charge on any atom is -0.496 e. The van der Waals surface area contributed by atoms with Crippen LogP contribution in [0.5, 0.6) is 5.75 Å². The molecule has 1 atom stereocenters. The van der Waals surface area contributed by atoms with E-state index in [9.17, 15) is 4.79 Å². The lowest BCUT2D eigenvalue weighted by Crippen LogP contribution is -2.48. The van der Waals surface area contributed by atoms with Crippen molar-refractivity contribution in [3.05, 3.63) is 58.5 Å². The number of hydrogen-bond donors (Lipinski definition) is 0. The fourth-order valence-corrected chi connectivity index (χ4v) is 6.11. The fraction of sp³-hybridized carbons (Fsp3) is 0.360. The Hall–Kier alpha value is -2.31. The molecule has 0 spiro atoms. The van der Waals surface area contributed by atoms with E-state index in [4.69, 9.17) is 17.0 Å². The quantitative estimate of drug-likeness (QED) is 0.407. The van der Waals surface area contributed by atoms with Gasteiger partial charge in [-0.05, 0) is 62.9 Å². The van der Waals surface area contributed by atoms with E-state index in [1.54, 1.807) is 12.0 Å². The number of nitrogens with zero attached hydrogens (tertiary/aromatic N) is 2. The monoisotopic (exact) mass is 452 g/mol. The number of thiocarbonyl (C=S) groups is 1. The van der Waals surface area contributed by atoms with Gasteiger partial charge in [-0.2, -0.15) is 0 Å². The Morgan fingerprint density at radius 2 is 1.97 bits per heavy atom. The van der Waals surface area contributed by atoms with Crippen LogP contribution in [0.3, 0.4) is 0 Å². The number of amides is 1. The summed E-state index contributed by atoms with van der Waals surface area (Å²) in [6.45, 7) is 10.00. The highest BCUT2D eigenvalue weighted by atomic mass is 32.2. The van der Waals surface area contributed by atoms with Crippen molar-refractivity contribution in [1.29, 1.82) is 0 Å². The third-order valence-electron chi connectivity index (χ3n) is 6.15. The Balaban J connectivity index is 1.76. The van der Waals surface area contributed by atoms with Crippen molar-refractivity contribution in [2.24, 2.45) is 0 Å². The van der Waals surface area contributed by atoms with Gasteiger partial charge in [0.05, 0.1) is 17.7 Å². The molecule has 162 valence electrons. The summed E-state index contributed by atoms with van der Waals surface area (Å²) >= 11 is 6.85. The number of carbonyl (C=O) groups is 1. The number of thioether (sulfide) groups is 1. The van der Waals surface area contributed by atoms with Crippen LogP contribution in [-0.4, -0.2) is 29.4 Å². The van der Waals surface area contributed by atoms with Gasteiger partial charge in [0.15, 0.2) is 4.32 Å². The summed E-state index contributed by atoms with van der Waals surface area (Å²) in [7, 11) is 1.68. The molecule has 1 fully saturated rings. The molecule has 1 amide bonds. The summed E-state index contributed by atoms with van der Waals surface area (Å²) in [4.78, 5) is 17.8. The molecule has 0 saturated carbocycles. The predicted octanol–water partition coefficient (Wildman–Crippen LogP) is 6.21. The molecule has 0 N–H and O–H groups in total. The maximum atomic E-state index is 13.2. The van der Waals surface area contributed by atoms with Gasteiger partial charge in [0.2, 0.25) is 0 Å². The van der Waals surface area contributed by atoms with E-state index >= 15 is 0 Å². The zero-order valence-electron chi connectivity index (χ0n) is 18.6. The maximum absolute atomic E-state index is 13.2. The van der Waals surface area contributed by atoms with Crippen molar-refractivity contribution in [3.8, 4) is 5.75 Å². The average molecular weight is 453 g/mol. The molecular formula is C25H28N2O2S2. The normalized spacial score (nSPS) is 21.6. The van der Waals surface area contributed by atoms with E-state index < -0.39 is 0 Å². The standard InChI is InChI=1S/C25H28N2O2S2/c1-6-26-20-14-21(29-5)17(12-19(20)16(2)15-25(26,3)4)13-22-23(28)27(24(30)31-22)18-10-8-7-9-11-18/h7-14,16H,6,15H2,1-5H3/b22-13+. The molecule has 0 radical (unpaired) electrons. The Morgan fingerprint density at radius 1 is 1.26 bits per heavy atom. The zero-order chi connectivity index (χ0) is 22.3. The summed E-state index contributed by atoms with van der Waals surface area (Å²) in [6.07, 6.45) is 3.00.